The maximum Gasteiger partial charge on any atom is 0.347 e. The van der Waals surface area contributed by atoms with E-state index in [1.54, 1.807) is 4.57 Å². The molecule has 2 aliphatic rings. The summed E-state index contributed by atoms with van der Waals surface area (Å²) in [4.78, 5) is 32.6. The predicted molar refractivity (Wildman–Crippen MR) is 104 cm³/mol. The molecule has 1 aromatic carbocycles. The second-order valence-electron chi connectivity index (χ2n) is 7.74. The average molecular weight is 380 g/mol. The van der Waals surface area contributed by atoms with Crippen LogP contribution in [0.1, 0.15) is 43.4 Å². The van der Waals surface area contributed by atoms with Crippen LogP contribution < -0.4 is 5.69 Å². The van der Waals surface area contributed by atoms with Crippen molar-refractivity contribution in [3.8, 4) is 0 Å². The van der Waals surface area contributed by atoms with E-state index in [-0.39, 0.29) is 11.6 Å². The maximum atomic E-state index is 13.1. The Labute approximate surface area is 162 Å². The molecule has 0 aliphatic carbocycles. The molecule has 0 saturated carbocycles. The molecule has 0 unspecified atom stereocenters. The van der Waals surface area contributed by atoms with Crippen molar-refractivity contribution >= 4 is 16.9 Å². The van der Waals surface area contributed by atoms with Crippen LogP contribution >= 0.6 is 0 Å². The molecule has 8 heteroatoms. The van der Waals surface area contributed by atoms with E-state index in [1.165, 1.54) is 4.68 Å². The minimum Gasteiger partial charge on any atom is -0.341 e. The van der Waals surface area contributed by atoms with Crippen molar-refractivity contribution in [3.63, 3.8) is 0 Å². The summed E-state index contributed by atoms with van der Waals surface area (Å²) in [6.45, 7) is 1.90. The molecule has 0 N–H and O–H groups in total. The highest BCUT2D eigenvalue weighted by Gasteiger charge is 2.34. The number of imidazole rings is 1. The van der Waals surface area contributed by atoms with Crippen molar-refractivity contribution in [2.75, 3.05) is 13.1 Å². The third kappa shape index (κ3) is 2.66. The number of likely N-dealkylation sites (tertiary alicyclic amines) is 1. The topological polar surface area (TPSA) is 78.0 Å². The quantitative estimate of drug-likeness (QED) is 0.690. The number of hydrogen-bond acceptors (Lipinski definition) is 4. The molecule has 0 spiro atoms. The van der Waals surface area contributed by atoms with E-state index in [0.717, 1.165) is 55.6 Å². The van der Waals surface area contributed by atoms with Gasteiger partial charge in [-0.3, -0.25) is 9.36 Å². The van der Waals surface area contributed by atoms with Crippen LogP contribution in [-0.4, -0.2) is 47.8 Å². The van der Waals surface area contributed by atoms with Crippen LogP contribution in [0.3, 0.4) is 0 Å². The lowest BCUT2D eigenvalue weighted by Gasteiger charge is -2.27. The summed E-state index contributed by atoms with van der Waals surface area (Å²) < 4.78 is 5.09. The Balaban J connectivity index is 1.50. The Bertz CT molecular complexity index is 1100. The van der Waals surface area contributed by atoms with Crippen LogP contribution in [0.4, 0.5) is 0 Å². The average Bonchev–Trinajstić information content (AvgIpc) is 3.42. The number of carbonyl (C=O) groups is 1. The van der Waals surface area contributed by atoms with Gasteiger partial charge in [0.1, 0.15) is 24.2 Å². The fraction of sp³-hybridized carbons (Fsp3) is 0.500. The fourth-order valence-corrected chi connectivity index (χ4v) is 4.49. The summed E-state index contributed by atoms with van der Waals surface area (Å²) in [6.07, 6.45) is 4.42. The number of rotatable bonds is 3. The van der Waals surface area contributed by atoms with Gasteiger partial charge in [-0.2, -0.15) is 5.10 Å². The summed E-state index contributed by atoms with van der Waals surface area (Å²) >= 11 is 0. The zero-order valence-electron chi connectivity index (χ0n) is 16.0. The highest BCUT2D eigenvalue weighted by atomic mass is 16.2. The first kappa shape index (κ1) is 17.2. The first-order valence-corrected chi connectivity index (χ1v) is 10.0. The molecule has 146 valence electrons. The molecular formula is C20H24N6O2. The van der Waals surface area contributed by atoms with E-state index in [9.17, 15) is 9.59 Å². The van der Waals surface area contributed by atoms with Gasteiger partial charge >= 0.3 is 5.69 Å². The minimum atomic E-state index is -0.413. The second kappa shape index (κ2) is 6.61. The second-order valence-corrected chi connectivity index (χ2v) is 7.74. The molecule has 28 heavy (non-hydrogen) atoms. The first-order chi connectivity index (χ1) is 13.6. The third-order valence-corrected chi connectivity index (χ3v) is 6.00. The van der Waals surface area contributed by atoms with Crippen LogP contribution in [-0.2, 0) is 24.8 Å². The summed E-state index contributed by atoms with van der Waals surface area (Å²) in [5.41, 5.74) is 1.72. The largest absolute Gasteiger partial charge is 0.347 e. The van der Waals surface area contributed by atoms with Crippen molar-refractivity contribution in [2.45, 2.75) is 44.7 Å². The van der Waals surface area contributed by atoms with Crippen molar-refractivity contribution in [1.82, 2.24) is 28.8 Å². The van der Waals surface area contributed by atoms with Crippen LogP contribution in [0.5, 0.6) is 0 Å². The summed E-state index contributed by atoms with van der Waals surface area (Å²) in [7, 11) is 1.95. The highest BCUT2D eigenvalue weighted by molar-refractivity contribution is 5.81. The molecular weight excluding hydrogens is 356 g/mol. The molecule has 2 aliphatic heterocycles. The number of nitrogens with zero attached hydrogens (tertiary/aromatic N) is 6. The molecule has 1 saturated heterocycles. The number of hydrogen-bond donors (Lipinski definition) is 0. The van der Waals surface area contributed by atoms with Crippen LogP contribution in [0, 0.1) is 0 Å². The molecule has 4 heterocycles. The Hall–Kier alpha value is -2.90. The Morgan fingerprint density at radius 2 is 1.96 bits per heavy atom. The normalized spacial score (nSPS) is 19.3. The van der Waals surface area contributed by atoms with Crippen LogP contribution in [0.15, 0.2) is 29.1 Å². The number of amides is 1. The van der Waals surface area contributed by atoms with Gasteiger partial charge in [0.25, 0.3) is 0 Å². The van der Waals surface area contributed by atoms with Crippen LogP contribution in [0.25, 0.3) is 11.0 Å². The fourth-order valence-electron chi connectivity index (χ4n) is 4.49. The number of benzene rings is 1. The van der Waals surface area contributed by atoms with Gasteiger partial charge in [-0.15, -0.1) is 0 Å². The summed E-state index contributed by atoms with van der Waals surface area (Å²) in [6, 6.07) is 7.49. The van der Waals surface area contributed by atoms with E-state index in [0.29, 0.717) is 18.8 Å². The lowest BCUT2D eigenvalue weighted by molar-refractivity contribution is -0.134. The van der Waals surface area contributed by atoms with E-state index >= 15 is 0 Å². The SMILES string of the molecule is Cn1c(Cn2nc3n(c2=O)[C@@H](C(=O)N2CCCC2)CCC3)nc2ccccc21. The minimum absolute atomic E-state index is 0.0721. The van der Waals surface area contributed by atoms with Gasteiger partial charge in [0.05, 0.1) is 11.0 Å². The van der Waals surface area contributed by atoms with Crippen molar-refractivity contribution in [2.24, 2.45) is 7.05 Å². The molecule has 2 aromatic heterocycles. The van der Waals surface area contributed by atoms with E-state index in [2.05, 4.69) is 10.1 Å². The predicted octanol–water partition coefficient (Wildman–Crippen LogP) is 1.48. The maximum absolute atomic E-state index is 13.1. The van der Waals surface area contributed by atoms with Gasteiger partial charge in [-0.1, -0.05) is 12.1 Å². The molecule has 1 atom stereocenters. The van der Waals surface area contributed by atoms with Crippen molar-refractivity contribution < 1.29 is 4.79 Å². The molecule has 5 rings (SSSR count). The lowest BCUT2D eigenvalue weighted by Crippen LogP contribution is -2.41. The molecule has 1 fully saturated rings. The van der Waals surface area contributed by atoms with Gasteiger partial charge in [0.15, 0.2) is 0 Å². The van der Waals surface area contributed by atoms with Gasteiger partial charge < -0.3 is 9.47 Å². The third-order valence-electron chi connectivity index (χ3n) is 6.00. The number of para-hydroxylation sites is 2. The van der Waals surface area contributed by atoms with Gasteiger partial charge in [0, 0.05) is 26.6 Å². The Morgan fingerprint density at radius 3 is 2.75 bits per heavy atom. The van der Waals surface area contributed by atoms with Gasteiger partial charge in [0.2, 0.25) is 5.91 Å². The van der Waals surface area contributed by atoms with Crippen LogP contribution in [0.2, 0.25) is 0 Å². The Morgan fingerprint density at radius 1 is 1.18 bits per heavy atom. The number of fused-ring (bicyclic) bond motifs is 2. The smallest absolute Gasteiger partial charge is 0.341 e. The zero-order valence-corrected chi connectivity index (χ0v) is 16.0. The standard InChI is InChI=1S/C20H24N6O2/c1-23-15-8-3-2-7-14(15)21-18(23)13-25-20(28)26-16(9-6-10-17(26)22-25)19(27)24-11-4-5-12-24/h2-3,7-8,16H,4-6,9-13H2,1H3/t16-/m1/s1. The first-order valence-electron chi connectivity index (χ1n) is 10.0. The lowest BCUT2D eigenvalue weighted by atomic mass is 10.0. The van der Waals surface area contributed by atoms with Crippen molar-refractivity contribution in [1.29, 1.82) is 0 Å². The number of carbonyl (C=O) groups excluding carboxylic acids is 1. The summed E-state index contributed by atoms with van der Waals surface area (Å²) in [5.74, 6) is 1.57. The molecule has 0 radical (unpaired) electrons. The molecule has 3 aromatic rings. The number of aryl methyl sites for hydroxylation is 2. The zero-order chi connectivity index (χ0) is 19.3. The van der Waals surface area contributed by atoms with E-state index in [4.69, 9.17) is 0 Å². The monoisotopic (exact) mass is 380 g/mol. The van der Waals surface area contributed by atoms with Crippen molar-refractivity contribution in [3.05, 3.63) is 46.4 Å². The van der Waals surface area contributed by atoms with Gasteiger partial charge in [-0.25, -0.2) is 14.5 Å². The molecule has 8 nitrogen and oxygen atoms in total. The number of aromatic nitrogens is 5. The van der Waals surface area contributed by atoms with E-state index < -0.39 is 6.04 Å². The molecule has 1 amide bonds. The highest BCUT2D eigenvalue weighted by Crippen LogP contribution is 2.25. The van der Waals surface area contributed by atoms with Gasteiger partial charge in [-0.05, 0) is 37.8 Å². The molecule has 0 bridgehead atoms. The Kier molecular flexibility index (Phi) is 4.07. The van der Waals surface area contributed by atoms with E-state index in [1.807, 2.05) is 40.8 Å². The summed E-state index contributed by atoms with van der Waals surface area (Å²) in [5, 5.41) is 4.56.